The Morgan fingerprint density at radius 1 is 1.17 bits per heavy atom. The number of aliphatic carboxylic acids is 1. The van der Waals surface area contributed by atoms with Gasteiger partial charge in [0.1, 0.15) is 13.2 Å². The molecule has 1 aromatic heterocycles. The van der Waals surface area contributed by atoms with Crippen LogP contribution in [0.1, 0.15) is 12.5 Å². The van der Waals surface area contributed by atoms with Gasteiger partial charge in [-0.15, -0.1) is 0 Å². The quantitative estimate of drug-likeness (QED) is 0.253. The molecule has 0 saturated carbocycles. The molecule has 0 aliphatic carbocycles. The first-order valence-electron chi connectivity index (χ1n) is 11.2. The molecular formula is C26H22BrN3O5S. The predicted molar refractivity (Wildman–Crippen MR) is 144 cm³/mol. The molecule has 184 valence electrons. The summed E-state index contributed by atoms with van der Waals surface area (Å²) < 4.78 is 17.8. The molecule has 10 heteroatoms. The van der Waals surface area contributed by atoms with Crippen LogP contribution in [0.2, 0.25) is 0 Å². The van der Waals surface area contributed by atoms with Crippen molar-refractivity contribution in [2.24, 2.45) is 4.99 Å². The summed E-state index contributed by atoms with van der Waals surface area (Å²) in [4.78, 5) is 15.4. The van der Waals surface area contributed by atoms with Crippen molar-refractivity contribution in [1.29, 1.82) is 0 Å². The number of aliphatic imine (C=N–C) groups is 1. The fraction of sp³-hybridized carbons (Fsp3) is 0.192. The molecule has 8 nitrogen and oxygen atoms in total. The summed E-state index contributed by atoms with van der Waals surface area (Å²) in [6, 6.07) is 16.3. The Morgan fingerprint density at radius 2 is 1.97 bits per heavy atom. The van der Waals surface area contributed by atoms with Crippen molar-refractivity contribution in [2.45, 2.75) is 19.1 Å². The number of halogens is 1. The molecule has 0 bridgehead atoms. The van der Waals surface area contributed by atoms with Gasteiger partial charge in [0.15, 0.2) is 23.4 Å². The second-order valence-corrected chi connectivity index (χ2v) is 9.84. The Bertz CT molecular complexity index is 1470. The van der Waals surface area contributed by atoms with Gasteiger partial charge in [-0.3, -0.25) is 4.99 Å². The van der Waals surface area contributed by atoms with Gasteiger partial charge in [0.25, 0.3) is 0 Å². The first-order valence-corrected chi connectivity index (χ1v) is 12.8. The molecule has 2 atom stereocenters. The highest BCUT2D eigenvalue weighted by Crippen LogP contribution is 2.40. The molecule has 4 aromatic rings. The van der Waals surface area contributed by atoms with Crippen LogP contribution in [0.5, 0.6) is 11.5 Å². The van der Waals surface area contributed by atoms with E-state index in [4.69, 9.17) is 9.47 Å². The van der Waals surface area contributed by atoms with E-state index in [0.717, 1.165) is 42.9 Å². The van der Waals surface area contributed by atoms with Crippen molar-refractivity contribution in [1.82, 2.24) is 4.37 Å². The van der Waals surface area contributed by atoms with Crippen molar-refractivity contribution in [3.05, 3.63) is 64.6 Å². The fourth-order valence-corrected chi connectivity index (χ4v) is 5.19. The van der Waals surface area contributed by atoms with E-state index in [9.17, 15) is 15.0 Å². The topological polar surface area (TPSA) is 113 Å². The Kier molecular flexibility index (Phi) is 6.90. The van der Waals surface area contributed by atoms with Gasteiger partial charge in [0.2, 0.25) is 0 Å². The number of carboxylic acids is 1. The first-order chi connectivity index (χ1) is 17.4. The largest absolute Gasteiger partial charge is 0.486 e. The van der Waals surface area contributed by atoms with Crippen LogP contribution in [-0.2, 0) is 4.79 Å². The minimum absolute atomic E-state index is 0.527. The van der Waals surface area contributed by atoms with E-state index in [0.29, 0.717) is 24.6 Å². The summed E-state index contributed by atoms with van der Waals surface area (Å²) in [5, 5.41) is 23.2. The number of ether oxygens (including phenoxy) is 2. The molecule has 3 N–H and O–H groups in total. The van der Waals surface area contributed by atoms with Gasteiger partial charge >= 0.3 is 5.97 Å². The lowest BCUT2D eigenvalue weighted by Crippen LogP contribution is -2.29. The van der Waals surface area contributed by atoms with E-state index >= 15 is 0 Å². The fourth-order valence-electron chi connectivity index (χ4n) is 3.88. The number of anilines is 2. The molecule has 2 heterocycles. The third-order valence-corrected chi connectivity index (χ3v) is 7.37. The van der Waals surface area contributed by atoms with Gasteiger partial charge in [-0.05, 0) is 81.4 Å². The predicted octanol–water partition coefficient (Wildman–Crippen LogP) is 5.49. The molecule has 0 spiro atoms. The van der Waals surface area contributed by atoms with Crippen molar-refractivity contribution < 1.29 is 24.5 Å². The standard InChI is InChI=1S/C26H22BrN3O5S/c1-14(31)24(26(32)33)28-13-15-5-8-22-18(11-15)25(30-36-22)29-19-4-2-3-17(23(19)27)16-6-7-20-21(12-16)35-10-9-34-20/h2-8,11-14,24,31H,9-10H2,1H3,(H,29,30)(H,32,33). The number of carbonyl (C=O) groups is 1. The highest BCUT2D eigenvalue weighted by Gasteiger charge is 2.21. The van der Waals surface area contributed by atoms with Crippen molar-refractivity contribution in [3.8, 4) is 22.6 Å². The van der Waals surface area contributed by atoms with E-state index in [1.54, 1.807) is 0 Å². The maximum atomic E-state index is 11.3. The van der Waals surface area contributed by atoms with Crippen molar-refractivity contribution in [2.75, 3.05) is 18.5 Å². The van der Waals surface area contributed by atoms with Crippen LogP contribution < -0.4 is 14.8 Å². The monoisotopic (exact) mass is 567 g/mol. The minimum atomic E-state index is -1.22. The zero-order valence-electron chi connectivity index (χ0n) is 19.1. The third kappa shape index (κ3) is 4.92. The van der Waals surface area contributed by atoms with E-state index in [1.165, 1.54) is 24.7 Å². The molecule has 0 fully saturated rings. The molecule has 0 saturated heterocycles. The summed E-state index contributed by atoms with van der Waals surface area (Å²) in [6.45, 7) is 2.48. The summed E-state index contributed by atoms with van der Waals surface area (Å²) in [5.41, 5.74) is 3.53. The number of benzene rings is 3. The molecule has 36 heavy (non-hydrogen) atoms. The third-order valence-electron chi connectivity index (χ3n) is 5.69. The number of aromatic nitrogens is 1. The van der Waals surface area contributed by atoms with Crippen LogP contribution in [0.4, 0.5) is 11.5 Å². The number of fused-ring (bicyclic) bond motifs is 2. The molecule has 0 amide bonds. The molecule has 3 aromatic carbocycles. The van der Waals surface area contributed by atoms with Crippen LogP contribution in [0, 0.1) is 0 Å². The number of hydrogen-bond donors (Lipinski definition) is 3. The van der Waals surface area contributed by atoms with E-state index in [1.807, 2.05) is 54.6 Å². The SMILES string of the molecule is CC(O)C(N=Cc1ccc2snc(Nc3cccc(-c4ccc5c(c4)OCCO5)c3Br)c2c1)C(=O)O. The van der Waals surface area contributed by atoms with Gasteiger partial charge in [-0.25, -0.2) is 4.79 Å². The van der Waals surface area contributed by atoms with Crippen LogP contribution in [0.25, 0.3) is 21.2 Å². The first kappa shape index (κ1) is 24.2. The summed E-state index contributed by atoms with van der Waals surface area (Å²) in [7, 11) is 0. The number of aliphatic hydroxyl groups excluding tert-OH is 1. The lowest BCUT2D eigenvalue weighted by Gasteiger charge is -2.19. The Hall–Kier alpha value is -3.47. The summed E-state index contributed by atoms with van der Waals surface area (Å²) >= 11 is 5.11. The van der Waals surface area contributed by atoms with Crippen molar-refractivity contribution in [3.63, 3.8) is 0 Å². The normalized spacial score (nSPS) is 14.6. The maximum Gasteiger partial charge on any atom is 0.331 e. The molecule has 0 radical (unpaired) electrons. The number of nitrogens with zero attached hydrogens (tertiary/aromatic N) is 2. The van der Waals surface area contributed by atoms with Gasteiger partial charge in [-0.1, -0.05) is 24.3 Å². The maximum absolute atomic E-state index is 11.3. The number of rotatable bonds is 7. The average Bonchev–Trinajstić information content (AvgIpc) is 3.26. The van der Waals surface area contributed by atoms with Gasteiger partial charge in [0.05, 0.1) is 16.5 Å². The zero-order valence-corrected chi connectivity index (χ0v) is 21.5. The highest BCUT2D eigenvalue weighted by atomic mass is 79.9. The second kappa shape index (κ2) is 10.3. The summed E-state index contributed by atoms with van der Waals surface area (Å²) in [6.07, 6.45) is 0.367. The average molecular weight is 568 g/mol. The summed E-state index contributed by atoms with van der Waals surface area (Å²) in [5.74, 6) is 0.969. The van der Waals surface area contributed by atoms with Crippen molar-refractivity contribution >= 4 is 61.2 Å². The lowest BCUT2D eigenvalue weighted by molar-refractivity contribution is -0.140. The molecule has 1 aliphatic heterocycles. The smallest absolute Gasteiger partial charge is 0.331 e. The van der Waals surface area contributed by atoms with Crippen LogP contribution in [0.15, 0.2) is 64.1 Å². The molecule has 5 rings (SSSR count). The number of aliphatic hydroxyl groups is 1. The van der Waals surface area contributed by atoms with E-state index < -0.39 is 18.1 Å². The van der Waals surface area contributed by atoms with E-state index in [-0.39, 0.29) is 0 Å². The second-order valence-electron chi connectivity index (χ2n) is 8.24. The van der Waals surface area contributed by atoms with Gasteiger partial charge < -0.3 is 25.0 Å². The molecule has 2 unspecified atom stereocenters. The highest BCUT2D eigenvalue weighted by molar-refractivity contribution is 9.10. The minimum Gasteiger partial charge on any atom is -0.486 e. The lowest BCUT2D eigenvalue weighted by atomic mass is 10.0. The van der Waals surface area contributed by atoms with Crippen LogP contribution in [-0.4, -0.2) is 52.1 Å². The Balaban J connectivity index is 1.44. The number of carboxylic acid groups (broad SMARTS) is 1. The van der Waals surface area contributed by atoms with Crippen LogP contribution >= 0.6 is 27.5 Å². The zero-order chi connectivity index (χ0) is 25.2. The van der Waals surface area contributed by atoms with E-state index in [2.05, 4.69) is 30.6 Å². The Morgan fingerprint density at radius 3 is 2.75 bits per heavy atom. The number of nitrogens with one attached hydrogen (secondary N) is 1. The molecule has 1 aliphatic rings. The van der Waals surface area contributed by atoms with Crippen LogP contribution in [0.3, 0.4) is 0 Å². The number of hydrogen-bond acceptors (Lipinski definition) is 8. The Labute approximate surface area is 219 Å². The molecular weight excluding hydrogens is 546 g/mol. The van der Waals surface area contributed by atoms with Gasteiger partial charge in [0, 0.05) is 16.1 Å². The van der Waals surface area contributed by atoms with Gasteiger partial charge in [-0.2, -0.15) is 4.37 Å².